The molecule has 2 N–H and O–H groups in total. The topological polar surface area (TPSA) is 146 Å². The third-order valence-electron chi connectivity index (χ3n) is 9.50. The zero-order chi connectivity index (χ0) is 34.4. The van der Waals surface area contributed by atoms with Crippen LogP contribution in [0.5, 0.6) is 5.75 Å². The highest BCUT2D eigenvalue weighted by molar-refractivity contribution is 7.89. The second-order valence-corrected chi connectivity index (χ2v) is 14.9. The van der Waals surface area contributed by atoms with Gasteiger partial charge in [-0.3, -0.25) is 4.79 Å². The molecule has 3 heterocycles. The van der Waals surface area contributed by atoms with E-state index in [2.05, 4.69) is 52.3 Å². The lowest BCUT2D eigenvalue weighted by molar-refractivity contribution is 0.0999. The lowest BCUT2D eigenvalue weighted by atomic mass is 9.69. The van der Waals surface area contributed by atoms with Crippen LogP contribution in [-0.4, -0.2) is 56.2 Å². The molecule has 12 heteroatoms. The molecule has 1 aliphatic rings. The summed E-state index contributed by atoms with van der Waals surface area (Å²) in [5.74, 6) is 0.0279. The number of rotatable bonds is 9. The number of aromatic nitrogens is 5. The third-order valence-corrected chi connectivity index (χ3v) is 11.4. The summed E-state index contributed by atoms with van der Waals surface area (Å²) in [5, 5.41) is 8.89. The molecule has 48 heavy (non-hydrogen) atoms. The number of para-hydroxylation sites is 1. The maximum atomic E-state index is 14.0. The Labute approximate surface area is 281 Å². The van der Waals surface area contributed by atoms with Crippen LogP contribution in [0.3, 0.4) is 0 Å². The molecule has 5 aromatic rings. The van der Waals surface area contributed by atoms with E-state index in [1.807, 2.05) is 44.5 Å². The smallest absolute Gasteiger partial charge is 0.251 e. The summed E-state index contributed by atoms with van der Waals surface area (Å²) in [7, 11) is -3.84. The fraction of sp³-hybridized carbons (Fsp3) is 0.361. The van der Waals surface area contributed by atoms with Crippen LogP contribution in [0, 0.1) is 13.8 Å². The van der Waals surface area contributed by atoms with E-state index in [4.69, 9.17) is 10.5 Å². The minimum absolute atomic E-state index is 0.175. The largest absolute Gasteiger partial charge is 0.488 e. The SMILES string of the molecule is CC[C@@H]1CN(Cc2cc([C@@H](c3ccc4c(nnn4CC)c3C)C(C)(C)c3ncc(C(N)=O)cn3)ccc2C)S(=O)(=O)c2ccccc2O1. The number of hydrogen-bond acceptors (Lipinski definition) is 8. The van der Waals surface area contributed by atoms with Gasteiger partial charge in [0, 0.05) is 36.8 Å². The fourth-order valence-corrected chi connectivity index (χ4v) is 8.24. The number of hydrogen-bond donors (Lipinski definition) is 1. The molecule has 0 saturated carbocycles. The Morgan fingerprint density at radius 1 is 1.06 bits per heavy atom. The quantitative estimate of drug-likeness (QED) is 0.219. The number of benzene rings is 3. The minimum atomic E-state index is -3.84. The summed E-state index contributed by atoms with van der Waals surface area (Å²) in [5.41, 5.74) is 11.6. The predicted molar refractivity (Wildman–Crippen MR) is 183 cm³/mol. The van der Waals surface area contributed by atoms with Crippen LogP contribution in [0.1, 0.15) is 84.0 Å². The van der Waals surface area contributed by atoms with E-state index in [1.54, 1.807) is 24.3 Å². The van der Waals surface area contributed by atoms with E-state index >= 15 is 0 Å². The molecule has 1 amide bonds. The van der Waals surface area contributed by atoms with Crippen molar-refractivity contribution in [1.29, 1.82) is 0 Å². The van der Waals surface area contributed by atoms with Crippen molar-refractivity contribution in [2.24, 2.45) is 5.73 Å². The maximum absolute atomic E-state index is 14.0. The van der Waals surface area contributed by atoms with Gasteiger partial charge in [0.1, 0.15) is 28.1 Å². The highest BCUT2D eigenvalue weighted by Gasteiger charge is 2.39. The molecule has 0 spiro atoms. The molecule has 0 fully saturated rings. The zero-order valence-corrected chi connectivity index (χ0v) is 29.0. The second-order valence-electron chi connectivity index (χ2n) is 12.9. The van der Waals surface area contributed by atoms with Crippen LogP contribution >= 0.6 is 0 Å². The Morgan fingerprint density at radius 2 is 1.79 bits per heavy atom. The number of carbonyl (C=O) groups is 1. The first-order chi connectivity index (χ1) is 22.9. The van der Waals surface area contributed by atoms with Gasteiger partial charge in [-0.25, -0.2) is 23.1 Å². The second kappa shape index (κ2) is 12.7. The van der Waals surface area contributed by atoms with E-state index in [9.17, 15) is 13.2 Å². The van der Waals surface area contributed by atoms with Crippen molar-refractivity contribution in [3.8, 4) is 5.75 Å². The van der Waals surface area contributed by atoms with Crippen molar-refractivity contribution in [2.45, 2.75) is 83.4 Å². The highest BCUT2D eigenvalue weighted by Crippen LogP contribution is 2.45. The molecule has 0 unspecified atom stereocenters. The molecule has 0 saturated heterocycles. The van der Waals surface area contributed by atoms with Crippen LogP contribution in [0.4, 0.5) is 0 Å². The van der Waals surface area contributed by atoms with E-state index in [-0.39, 0.29) is 35.6 Å². The maximum Gasteiger partial charge on any atom is 0.251 e. The first-order valence-corrected chi connectivity index (χ1v) is 17.6. The number of nitrogens with two attached hydrogens (primary N) is 1. The standard InChI is InChI=1S/C36H41N7O4S/c1-7-27-21-42(48(45,46)31-12-10-9-11-30(31)47-27)20-25-17-24(14-13-22(25)3)32(36(5,6)35-38-18-26(19-39-35)34(37)44)28-15-16-29-33(23(28)4)40-41-43(29)8-2/h9-19,27,32H,7-8,20-21H2,1-6H3,(H2,37,44)/t27-,32+/m1/s1. The number of carbonyl (C=O) groups excluding carboxylic acids is 1. The molecular formula is C36H41N7O4S. The highest BCUT2D eigenvalue weighted by atomic mass is 32.2. The summed E-state index contributed by atoms with van der Waals surface area (Å²) in [6, 6.07) is 17.2. The molecular weight excluding hydrogens is 627 g/mol. The van der Waals surface area contributed by atoms with Crippen molar-refractivity contribution < 1.29 is 17.9 Å². The van der Waals surface area contributed by atoms with Crippen LogP contribution in [0.15, 0.2) is 71.9 Å². The number of fused-ring (bicyclic) bond motifs is 2. The van der Waals surface area contributed by atoms with Gasteiger partial charge in [0.05, 0.1) is 17.6 Å². The molecule has 2 atom stereocenters. The summed E-state index contributed by atoms with van der Waals surface area (Å²) in [4.78, 5) is 21.2. The number of nitrogens with zero attached hydrogens (tertiary/aromatic N) is 6. The lowest BCUT2D eigenvalue weighted by Gasteiger charge is -2.35. The molecule has 6 rings (SSSR count). The normalized spacial score (nSPS) is 17.0. The van der Waals surface area contributed by atoms with Crippen LogP contribution < -0.4 is 10.5 Å². The van der Waals surface area contributed by atoms with E-state index in [1.165, 1.54) is 16.7 Å². The Hall–Kier alpha value is -4.68. The van der Waals surface area contributed by atoms with Crippen molar-refractivity contribution in [3.05, 3.63) is 106 Å². The van der Waals surface area contributed by atoms with E-state index in [0.29, 0.717) is 24.5 Å². The fourth-order valence-electron chi connectivity index (χ4n) is 6.67. The van der Waals surface area contributed by atoms with Crippen LogP contribution in [0.25, 0.3) is 11.0 Å². The Bertz CT molecular complexity index is 2110. The number of aryl methyl sites for hydroxylation is 3. The summed E-state index contributed by atoms with van der Waals surface area (Å²) in [6.07, 6.45) is 3.29. The van der Waals surface area contributed by atoms with E-state index in [0.717, 1.165) is 38.9 Å². The van der Waals surface area contributed by atoms with Crippen molar-refractivity contribution >= 4 is 27.0 Å². The van der Waals surface area contributed by atoms with Crippen molar-refractivity contribution in [3.63, 3.8) is 0 Å². The van der Waals surface area contributed by atoms with Gasteiger partial charge >= 0.3 is 0 Å². The summed E-state index contributed by atoms with van der Waals surface area (Å²) < 4.78 is 37.6. The van der Waals surface area contributed by atoms with Gasteiger partial charge in [0.15, 0.2) is 0 Å². The zero-order valence-electron chi connectivity index (χ0n) is 28.1. The summed E-state index contributed by atoms with van der Waals surface area (Å²) >= 11 is 0. The van der Waals surface area contributed by atoms with Crippen LogP contribution in [0.2, 0.25) is 0 Å². The van der Waals surface area contributed by atoms with Crippen LogP contribution in [-0.2, 0) is 28.5 Å². The third kappa shape index (κ3) is 5.83. The Morgan fingerprint density at radius 3 is 2.48 bits per heavy atom. The lowest BCUT2D eigenvalue weighted by Crippen LogP contribution is -2.36. The van der Waals surface area contributed by atoms with Gasteiger partial charge in [0.25, 0.3) is 5.91 Å². The summed E-state index contributed by atoms with van der Waals surface area (Å²) in [6.45, 7) is 13.3. The van der Waals surface area contributed by atoms with E-state index < -0.39 is 21.3 Å². The number of sulfonamides is 1. The Balaban J connectivity index is 1.49. The number of amides is 1. The average molecular weight is 668 g/mol. The minimum Gasteiger partial charge on any atom is -0.488 e. The average Bonchev–Trinajstić information content (AvgIpc) is 3.46. The van der Waals surface area contributed by atoms with Gasteiger partial charge < -0.3 is 10.5 Å². The molecule has 1 aliphatic heterocycles. The Kier molecular flexibility index (Phi) is 8.82. The number of primary amides is 1. The molecule has 0 radical (unpaired) electrons. The molecule has 0 bridgehead atoms. The van der Waals surface area contributed by atoms with Gasteiger partial charge in [-0.1, -0.05) is 62.4 Å². The van der Waals surface area contributed by atoms with Gasteiger partial charge in [-0.05, 0) is 73.2 Å². The first-order valence-electron chi connectivity index (χ1n) is 16.2. The monoisotopic (exact) mass is 667 g/mol. The van der Waals surface area contributed by atoms with Gasteiger partial charge in [-0.2, -0.15) is 4.31 Å². The predicted octanol–water partition coefficient (Wildman–Crippen LogP) is 5.43. The van der Waals surface area contributed by atoms with Gasteiger partial charge in [-0.15, -0.1) is 5.10 Å². The molecule has 11 nitrogen and oxygen atoms in total. The van der Waals surface area contributed by atoms with Crippen molar-refractivity contribution in [2.75, 3.05) is 6.54 Å². The van der Waals surface area contributed by atoms with Gasteiger partial charge in [0.2, 0.25) is 10.0 Å². The molecule has 2 aromatic heterocycles. The first kappa shape index (κ1) is 33.2. The van der Waals surface area contributed by atoms with Crippen molar-refractivity contribution in [1.82, 2.24) is 29.3 Å². The molecule has 0 aliphatic carbocycles. The molecule has 250 valence electrons. The number of ether oxygens (including phenoxy) is 1. The molecule has 3 aromatic carbocycles.